The molecule has 3 nitrogen and oxygen atoms in total. The summed E-state index contributed by atoms with van der Waals surface area (Å²) in [7, 11) is 0. The first-order chi connectivity index (χ1) is 5.77. The Morgan fingerprint density at radius 2 is 2.25 bits per heavy atom. The van der Waals surface area contributed by atoms with E-state index in [1.165, 1.54) is 12.3 Å². The number of halogens is 1. The number of rotatable bonds is 0. The van der Waals surface area contributed by atoms with E-state index in [4.69, 9.17) is 0 Å². The highest BCUT2D eigenvalue weighted by Crippen LogP contribution is 2.17. The normalized spacial score (nSPS) is 26.4. The lowest BCUT2D eigenvalue weighted by Gasteiger charge is -2.14. The van der Waals surface area contributed by atoms with Gasteiger partial charge < -0.3 is 0 Å². The predicted molar refractivity (Wildman–Crippen MR) is 50.6 cm³/mol. The van der Waals surface area contributed by atoms with Gasteiger partial charge in [-0.1, -0.05) is 6.08 Å². The number of amidine groups is 1. The largest absolute Gasteiger partial charge is 0.294 e. The van der Waals surface area contributed by atoms with Crippen molar-refractivity contribution in [3.8, 4) is 0 Å². The minimum atomic E-state index is -0.267. The average Bonchev–Trinajstić information content (AvgIpc) is 2.04. The molecule has 0 aromatic rings. The Bertz CT molecular complexity index is 352. The Morgan fingerprint density at radius 1 is 1.42 bits per heavy atom. The van der Waals surface area contributed by atoms with Crippen LogP contribution in [0.5, 0.6) is 0 Å². The average molecular weight is 225 g/mol. The summed E-state index contributed by atoms with van der Waals surface area (Å²) in [5.74, 6) is 0.341. The minimum Gasteiger partial charge on any atom is -0.294 e. The molecule has 2 aliphatic rings. The molecule has 1 unspecified atom stereocenters. The molecule has 0 spiro atoms. The fourth-order valence-electron chi connectivity index (χ4n) is 1.10. The molecule has 0 radical (unpaired) electrons. The molecule has 0 aliphatic carbocycles. The molecule has 2 aliphatic heterocycles. The maximum absolute atomic E-state index is 11.2. The fraction of sp³-hybridized carbons (Fsp3) is 0.125. The maximum atomic E-state index is 11.2. The summed E-state index contributed by atoms with van der Waals surface area (Å²) in [6.07, 6.45) is 6.51. The van der Waals surface area contributed by atoms with E-state index in [0.717, 1.165) is 0 Å². The summed E-state index contributed by atoms with van der Waals surface area (Å²) < 4.78 is 0.709. The Morgan fingerprint density at radius 3 is 3.08 bits per heavy atom. The topological polar surface area (TPSA) is 41.8 Å². The summed E-state index contributed by atoms with van der Waals surface area (Å²) in [6.45, 7) is 0. The SMILES string of the molecule is O=C1C=CN=C2N=C(Br)C=CC12. The number of hydrogen-bond donors (Lipinski definition) is 0. The summed E-state index contributed by atoms with van der Waals surface area (Å²) in [5, 5.41) is 0. The summed E-state index contributed by atoms with van der Waals surface area (Å²) >= 11 is 3.22. The van der Waals surface area contributed by atoms with Gasteiger partial charge in [-0.25, -0.2) is 9.98 Å². The Labute approximate surface area is 77.7 Å². The van der Waals surface area contributed by atoms with Crippen LogP contribution in [0.15, 0.2) is 34.4 Å². The molecule has 2 rings (SSSR count). The van der Waals surface area contributed by atoms with Crippen LogP contribution in [0.25, 0.3) is 0 Å². The molecule has 0 fully saturated rings. The molecule has 0 aromatic carbocycles. The zero-order chi connectivity index (χ0) is 8.55. The van der Waals surface area contributed by atoms with Crippen LogP contribution in [0.3, 0.4) is 0 Å². The van der Waals surface area contributed by atoms with Crippen LogP contribution in [0.4, 0.5) is 0 Å². The lowest BCUT2D eigenvalue weighted by Crippen LogP contribution is -2.24. The number of ketones is 1. The van der Waals surface area contributed by atoms with Crippen molar-refractivity contribution < 1.29 is 4.79 Å². The molecular weight excluding hydrogens is 220 g/mol. The van der Waals surface area contributed by atoms with E-state index in [9.17, 15) is 4.79 Å². The van der Waals surface area contributed by atoms with Crippen molar-refractivity contribution in [2.24, 2.45) is 15.9 Å². The van der Waals surface area contributed by atoms with Crippen LogP contribution >= 0.6 is 15.9 Å². The number of allylic oxidation sites excluding steroid dienone is 2. The molecule has 0 saturated carbocycles. The minimum absolute atomic E-state index is 0.0417. The first kappa shape index (κ1) is 7.61. The summed E-state index contributed by atoms with van der Waals surface area (Å²) in [6, 6.07) is 0. The van der Waals surface area contributed by atoms with Crippen LogP contribution in [0.2, 0.25) is 0 Å². The summed E-state index contributed by atoms with van der Waals surface area (Å²) in [5.41, 5.74) is 0. The van der Waals surface area contributed by atoms with Gasteiger partial charge >= 0.3 is 0 Å². The van der Waals surface area contributed by atoms with Gasteiger partial charge in [0.05, 0.1) is 0 Å². The molecule has 2 heterocycles. The van der Waals surface area contributed by atoms with Crippen LogP contribution in [0, 0.1) is 5.92 Å². The van der Waals surface area contributed by atoms with E-state index >= 15 is 0 Å². The van der Waals surface area contributed by atoms with Gasteiger partial charge in [0.15, 0.2) is 5.78 Å². The fourth-order valence-corrected chi connectivity index (χ4v) is 1.43. The molecule has 12 heavy (non-hydrogen) atoms. The highest BCUT2D eigenvalue weighted by atomic mass is 79.9. The second kappa shape index (κ2) is 2.79. The quantitative estimate of drug-likeness (QED) is 0.615. The number of carbonyl (C=O) groups excluding carboxylic acids is 1. The second-order valence-corrected chi connectivity index (χ2v) is 3.29. The zero-order valence-corrected chi connectivity index (χ0v) is 7.65. The van der Waals surface area contributed by atoms with Crippen molar-refractivity contribution in [2.45, 2.75) is 0 Å². The van der Waals surface area contributed by atoms with Crippen molar-refractivity contribution in [3.05, 3.63) is 24.4 Å². The van der Waals surface area contributed by atoms with Crippen LogP contribution in [-0.2, 0) is 4.79 Å². The number of dihydropyridines is 1. The Hall–Kier alpha value is -1.03. The van der Waals surface area contributed by atoms with E-state index < -0.39 is 0 Å². The van der Waals surface area contributed by atoms with E-state index in [1.807, 2.05) is 0 Å². The first-order valence-corrected chi connectivity index (χ1v) is 4.27. The van der Waals surface area contributed by atoms with Crippen molar-refractivity contribution in [3.63, 3.8) is 0 Å². The lowest BCUT2D eigenvalue weighted by molar-refractivity contribution is -0.115. The molecule has 0 bridgehead atoms. The number of aliphatic imine (C=N–C) groups is 2. The van der Waals surface area contributed by atoms with Gasteiger partial charge in [-0.3, -0.25) is 4.79 Å². The van der Waals surface area contributed by atoms with Gasteiger partial charge in [-0.2, -0.15) is 0 Å². The van der Waals surface area contributed by atoms with Crippen molar-refractivity contribution >= 4 is 32.2 Å². The van der Waals surface area contributed by atoms with Gasteiger partial charge in [0, 0.05) is 12.3 Å². The molecule has 4 heteroatoms. The van der Waals surface area contributed by atoms with E-state index in [1.54, 1.807) is 12.2 Å². The number of carbonyl (C=O) groups is 1. The van der Waals surface area contributed by atoms with E-state index in [2.05, 4.69) is 25.9 Å². The summed E-state index contributed by atoms with van der Waals surface area (Å²) in [4.78, 5) is 19.3. The smallest absolute Gasteiger partial charge is 0.171 e. The highest BCUT2D eigenvalue weighted by molar-refractivity contribution is 9.18. The third kappa shape index (κ3) is 1.18. The number of nitrogens with zero attached hydrogens (tertiary/aromatic N) is 2. The van der Waals surface area contributed by atoms with Gasteiger partial charge in [0.25, 0.3) is 0 Å². The highest BCUT2D eigenvalue weighted by Gasteiger charge is 2.24. The molecular formula is C8H5BrN2O. The van der Waals surface area contributed by atoms with Crippen molar-refractivity contribution in [1.29, 1.82) is 0 Å². The molecule has 0 N–H and O–H groups in total. The van der Waals surface area contributed by atoms with Crippen LogP contribution in [0.1, 0.15) is 0 Å². The maximum Gasteiger partial charge on any atom is 0.171 e. The third-order valence-corrected chi connectivity index (χ3v) is 2.12. The lowest BCUT2D eigenvalue weighted by atomic mass is 9.99. The van der Waals surface area contributed by atoms with Crippen molar-refractivity contribution in [1.82, 2.24) is 0 Å². The van der Waals surface area contributed by atoms with Crippen LogP contribution < -0.4 is 0 Å². The van der Waals surface area contributed by atoms with Gasteiger partial charge in [0.1, 0.15) is 16.4 Å². The van der Waals surface area contributed by atoms with Crippen LogP contribution in [-0.4, -0.2) is 16.2 Å². The number of hydrogen-bond acceptors (Lipinski definition) is 3. The Kier molecular flexibility index (Phi) is 1.77. The molecule has 0 amide bonds. The molecule has 0 saturated heterocycles. The zero-order valence-electron chi connectivity index (χ0n) is 6.07. The van der Waals surface area contributed by atoms with Gasteiger partial charge in [-0.05, 0) is 22.0 Å². The van der Waals surface area contributed by atoms with Crippen molar-refractivity contribution in [2.75, 3.05) is 0 Å². The molecule has 60 valence electrons. The number of fused-ring (bicyclic) bond motifs is 1. The Balaban J connectivity index is 2.43. The molecule has 1 atom stereocenters. The first-order valence-electron chi connectivity index (χ1n) is 3.48. The van der Waals surface area contributed by atoms with Gasteiger partial charge in [0.2, 0.25) is 0 Å². The third-order valence-electron chi connectivity index (χ3n) is 1.68. The predicted octanol–water partition coefficient (Wildman–Crippen LogP) is 1.46. The van der Waals surface area contributed by atoms with E-state index in [0.29, 0.717) is 10.5 Å². The molecule has 0 aromatic heterocycles. The second-order valence-electron chi connectivity index (χ2n) is 2.48. The van der Waals surface area contributed by atoms with E-state index in [-0.39, 0.29) is 11.7 Å². The monoisotopic (exact) mass is 224 g/mol. The standard InChI is InChI=1S/C8H5BrN2O/c9-7-2-1-5-6(12)3-4-10-8(5)11-7/h1-5H. The van der Waals surface area contributed by atoms with Gasteiger partial charge in [-0.15, -0.1) is 0 Å².